The lowest BCUT2D eigenvalue weighted by atomic mass is 9.98. The molecule has 1 nitrogen and oxygen atoms in total. The number of halogens is 1. The third-order valence-corrected chi connectivity index (χ3v) is 3.47. The summed E-state index contributed by atoms with van der Waals surface area (Å²) in [4.78, 5) is 0. The summed E-state index contributed by atoms with van der Waals surface area (Å²) in [6.07, 6.45) is 6.30. The van der Waals surface area contributed by atoms with E-state index in [1.54, 1.807) is 0 Å². The van der Waals surface area contributed by atoms with Crippen LogP contribution in [0, 0.1) is 11.8 Å². The fraction of sp³-hybridized carbons (Fsp3) is 0.833. The number of hydrogen-bond donors (Lipinski definition) is 1. The van der Waals surface area contributed by atoms with Gasteiger partial charge in [0, 0.05) is 12.4 Å². The van der Waals surface area contributed by atoms with E-state index in [4.69, 9.17) is 11.6 Å². The molecule has 1 aliphatic rings. The van der Waals surface area contributed by atoms with E-state index in [1.165, 1.54) is 24.8 Å². The van der Waals surface area contributed by atoms with Crippen molar-refractivity contribution in [2.24, 2.45) is 11.8 Å². The zero-order valence-corrected chi connectivity index (χ0v) is 10.1. The molecule has 0 radical (unpaired) electrons. The molecule has 0 spiro atoms. The lowest BCUT2D eigenvalue weighted by Gasteiger charge is -2.17. The largest absolute Gasteiger partial charge is 0.313 e. The van der Waals surface area contributed by atoms with Gasteiger partial charge in [0.05, 0.1) is 0 Å². The molecule has 0 aromatic heterocycles. The molecule has 0 aromatic rings. The van der Waals surface area contributed by atoms with Gasteiger partial charge >= 0.3 is 0 Å². The van der Waals surface area contributed by atoms with Gasteiger partial charge in [-0.15, -0.1) is 11.6 Å². The highest BCUT2D eigenvalue weighted by atomic mass is 35.5. The molecular weight excluding hydrogens is 194 g/mol. The third kappa shape index (κ3) is 4.02. The predicted octanol–water partition coefficient (Wildman–Crippen LogP) is 3.20. The Bertz CT molecular complexity index is 185. The molecule has 2 atom stereocenters. The molecule has 82 valence electrons. The molecule has 1 rings (SSSR count). The Hall–Kier alpha value is -0.0100. The first-order valence-electron chi connectivity index (χ1n) is 5.64. The minimum atomic E-state index is 0.760. The Kier molecular flexibility index (Phi) is 5.57. The monoisotopic (exact) mass is 215 g/mol. The zero-order chi connectivity index (χ0) is 10.4. The van der Waals surface area contributed by atoms with E-state index in [1.807, 2.05) is 0 Å². The Morgan fingerprint density at radius 3 is 2.71 bits per heavy atom. The van der Waals surface area contributed by atoms with Crippen LogP contribution >= 0.6 is 11.6 Å². The van der Waals surface area contributed by atoms with Crippen LogP contribution in [-0.4, -0.2) is 19.0 Å². The van der Waals surface area contributed by atoms with Crippen molar-refractivity contribution in [2.75, 3.05) is 19.0 Å². The lowest BCUT2D eigenvalue weighted by Crippen LogP contribution is -2.26. The second-order valence-corrected chi connectivity index (χ2v) is 4.85. The molecule has 0 aromatic carbocycles. The van der Waals surface area contributed by atoms with Crippen LogP contribution in [0.4, 0.5) is 0 Å². The first-order chi connectivity index (χ1) is 6.74. The first kappa shape index (κ1) is 12.1. The molecule has 0 bridgehead atoms. The maximum absolute atomic E-state index is 5.93. The van der Waals surface area contributed by atoms with Gasteiger partial charge in [-0.3, -0.25) is 0 Å². The maximum Gasteiger partial charge on any atom is 0.0254 e. The van der Waals surface area contributed by atoms with Crippen LogP contribution in [0.3, 0.4) is 0 Å². The smallest absolute Gasteiger partial charge is 0.0254 e. The topological polar surface area (TPSA) is 12.0 Å². The molecule has 2 heteroatoms. The van der Waals surface area contributed by atoms with Crippen LogP contribution in [-0.2, 0) is 0 Å². The molecule has 0 amide bonds. The molecule has 1 aliphatic carbocycles. The fourth-order valence-corrected chi connectivity index (χ4v) is 2.54. The van der Waals surface area contributed by atoms with E-state index in [0.717, 1.165) is 30.8 Å². The SMILES string of the molecule is CC(C)=CCNCC1CCCC1CCl. The average molecular weight is 216 g/mol. The second kappa shape index (κ2) is 6.47. The van der Waals surface area contributed by atoms with Gasteiger partial charge in [-0.1, -0.05) is 18.1 Å². The van der Waals surface area contributed by atoms with Crippen LogP contribution in [0.1, 0.15) is 33.1 Å². The molecule has 1 saturated carbocycles. The van der Waals surface area contributed by atoms with Gasteiger partial charge in [0.1, 0.15) is 0 Å². The van der Waals surface area contributed by atoms with E-state index in [9.17, 15) is 0 Å². The van der Waals surface area contributed by atoms with Crippen molar-refractivity contribution in [1.82, 2.24) is 5.32 Å². The van der Waals surface area contributed by atoms with Crippen LogP contribution in [0.25, 0.3) is 0 Å². The lowest BCUT2D eigenvalue weighted by molar-refractivity contribution is 0.403. The quantitative estimate of drug-likeness (QED) is 0.422. The Labute approximate surface area is 92.9 Å². The third-order valence-electron chi connectivity index (χ3n) is 3.08. The normalized spacial score (nSPS) is 26.5. The zero-order valence-electron chi connectivity index (χ0n) is 9.35. The molecule has 0 saturated heterocycles. The van der Waals surface area contributed by atoms with Crippen LogP contribution in [0.2, 0.25) is 0 Å². The fourth-order valence-electron chi connectivity index (χ4n) is 2.13. The molecule has 2 unspecified atom stereocenters. The van der Waals surface area contributed by atoms with Crippen molar-refractivity contribution >= 4 is 11.6 Å². The minimum absolute atomic E-state index is 0.760. The van der Waals surface area contributed by atoms with Gasteiger partial charge in [0.15, 0.2) is 0 Å². The summed E-state index contributed by atoms with van der Waals surface area (Å²) in [6, 6.07) is 0. The number of alkyl halides is 1. The van der Waals surface area contributed by atoms with Gasteiger partial charge in [0.25, 0.3) is 0 Å². The van der Waals surface area contributed by atoms with Crippen molar-refractivity contribution in [1.29, 1.82) is 0 Å². The minimum Gasteiger partial charge on any atom is -0.313 e. The van der Waals surface area contributed by atoms with Crippen LogP contribution in [0.5, 0.6) is 0 Å². The van der Waals surface area contributed by atoms with Crippen molar-refractivity contribution in [2.45, 2.75) is 33.1 Å². The molecule has 1 fully saturated rings. The maximum atomic E-state index is 5.93. The second-order valence-electron chi connectivity index (χ2n) is 4.55. The van der Waals surface area contributed by atoms with Crippen molar-refractivity contribution in [3.8, 4) is 0 Å². The van der Waals surface area contributed by atoms with Gasteiger partial charge in [-0.05, 0) is 45.1 Å². The average Bonchev–Trinajstić information content (AvgIpc) is 2.59. The summed E-state index contributed by atoms with van der Waals surface area (Å²) in [6.45, 7) is 6.42. The standard InChI is InChI=1S/C12H22ClN/c1-10(2)6-7-14-9-12-5-3-4-11(12)8-13/h6,11-12,14H,3-5,7-9H2,1-2H3. The van der Waals surface area contributed by atoms with Crippen molar-refractivity contribution in [3.05, 3.63) is 11.6 Å². The molecular formula is C12H22ClN. The van der Waals surface area contributed by atoms with Crippen LogP contribution < -0.4 is 5.32 Å². The highest BCUT2D eigenvalue weighted by Crippen LogP contribution is 2.31. The summed E-state index contributed by atoms with van der Waals surface area (Å²) in [5.74, 6) is 2.42. The van der Waals surface area contributed by atoms with Crippen molar-refractivity contribution in [3.63, 3.8) is 0 Å². The molecule has 14 heavy (non-hydrogen) atoms. The summed E-state index contributed by atoms with van der Waals surface area (Å²) >= 11 is 5.93. The molecule has 1 N–H and O–H groups in total. The Morgan fingerprint density at radius 1 is 1.36 bits per heavy atom. The van der Waals surface area contributed by atoms with E-state index in [2.05, 4.69) is 25.2 Å². The van der Waals surface area contributed by atoms with E-state index in [-0.39, 0.29) is 0 Å². The number of allylic oxidation sites excluding steroid dienone is 1. The summed E-state index contributed by atoms with van der Waals surface area (Å²) in [7, 11) is 0. The summed E-state index contributed by atoms with van der Waals surface area (Å²) in [5, 5.41) is 3.49. The Morgan fingerprint density at radius 2 is 2.07 bits per heavy atom. The highest BCUT2D eigenvalue weighted by Gasteiger charge is 2.25. The number of nitrogens with one attached hydrogen (secondary N) is 1. The van der Waals surface area contributed by atoms with Gasteiger partial charge in [0.2, 0.25) is 0 Å². The van der Waals surface area contributed by atoms with Gasteiger partial charge in [-0.2, -0.15) is 0 Å². The van der Waals surface area contributed by atoms with Crippen molar-refractivity contribution < 1.29 is 0 Å². The van der Waals surface area contributed by atoms with E-state index >= 15 is 0 Å². The summed E-state index contributed by atoms with van der Waals surface area (Å²) < 4.78 is 0. The van der Waals surface area contributed by atoms with Gasteiger partial charge in [-0.25, -0.2) is 0 Å². The predicted molar refractivity (Wildman–Crippen MR) is 63.9 cm³/mol. The first-order valence-corrected chi connectivity index (χ1v) is 6.17. The molecule has 0 heterocycles. The van der Waals surface area contributed by atoms with E-state index in [0.29, 0.717) is 0 Å². The number of hydrogen-bond acceptors (Lipinski definition) is 1. The molecule has 0 aliphatic heterocycles. The Balaban J connectivity index is 2.14. The number of rotatable bonds is 5. The summed E-state index contributed by atoms with van der Waals surface area (Å²) in [5.41, 5.74) is 1.39. The van der Waals surface area contributed by atoms with E-state index < -0.39 is 0 Å². The highest BCUT2D eigenvalue weighted by molar-refractivity contribution is 6.18. The van der Waals surface area contributed by atoms with Crippen LogP contribution in [0.15, 0.2) is 11.6 Å². The van der Waals surface area contributed by atoms with Gasteiger partial charge < -0.3 is 5.32 Å².